The van der Waals surface area contributed by atoms with Gasteiger partial charge >= 0.3 is 0 Å². The summed E-state index contributed by atoms with van der Waals surface area (Å²) in [6, 6.07) is 3.88. The van der Waals surface area contributed by atoms with E-state index < -0.39 is 0 Å². The molecule has 1 aliphatic heterocycles. The van der Waals surface area contributed by atoms with Crippen molar-refractivity contribution in [2.24, 2.45) is 5.92 Å². The molecule has 1 spiro atoms. The SMILES string of the molecule is OC(CCc1ccco1)C1CCOC2(CCC2)C1. The highest BCUT2D eigenvalue weighted by molar-refractivity contribution is 4.99. The van der Waals surface area contributed by atoms with Crippen molar-refractivity contribution in [1.29, 1.82) is 0 Å². The average molecular weight is 250 g/mol. The third-order valence-electron chi connectivity index (χ3n) is 4.61. The Morgan fingerprint density at radius 1 is 1.44 bits per heavy atom. The number of furan rings is 1. The van der Waals surface area contributed by atoms with Crippen molar-refractivity contribution in [2.75, 3.05) is 6.61 Å². The summed E-state index contributed by atoms with van der Waals surface area (Å²) in [5, 5.41) is 10.3. The maximum absolute atomic E-state index is 10.3. The van der Waals surface area contributed by atoms with Crippen molar-refractivity contribution in [2.45, 2.75) is 56.7 Å². The van der Waals surface area contributed by atoms with Gasteiger partial charge in [-0.3, -0.25) is 0 Å². The first-order valence-electron chi connectivity index (χ1n) is 7.12. The summed E-state index contributed by atoms with van der Waals surface area (Å²) >= 11 is 0. The minimum Gasteiger partial charge on any atom is -0.469 e. The molecule has 3 heteroatoms. The van der Waals surface area contributed by atoms with E-state index >= 15 is 0 Å². The molecule has 2 atom stereocenters. The fourth-order valence-corrected chi connectivity index (χ4v) is 3.29. The van der Waals surface area contributed by atoms with E-state index in [4.69, 9.17) is 9.15 Å². The largest absolute Gasteiger partial charge is 0.469 e. The van der Waals surface area contributed by atoms with Crippen molar-refractivity contribution in [3.05, 3.63) is 24.2 Å². The molecule has 1 aromatic rings. The molecule has 0 amide bonds. The molecule has 3 rings (SSSR count). The Morgan fingerprint density at radius 3 is 3.00 bits per heavy atom. The van der Waals surface area contributed by atoms with E-state index in [0.717, 1.165) is 38.1 Å². The molecule has 18 heavy (non-hydrogen) atoms. The van der Waals surface area contributed by atoms with Gasteiger partial charge in [-0.2, -0.15) is 0 Å². The summed E-state index contributed by atoms with van der Waals surface area (Å²) in [5.74, 6) is 1.38. The second-order valence-corrected chi connectivity index (χ2v) is 5.82. The van der Waals surface area contributed by atoms with Crippen molar-refractivity contribution < 1.29 is 14.3 Å². The molecular formula is C15H22O3. The monoisotopic (exact) mass is 250 g/mol. The Morgan fingerprint density at radius 2 is 2.33 bits per heavy atom. The predicted molar refractivity (Wildman–Crippen MR) is 68.3 cm³/mol. The summed E-state index contributed by atoms with van der Waals surface area (Å²) in [4.78, 5) is 0. The zero-order chi connectivity index (χ0) is 12.4. The Balaban J connectivity index is 1.50. The Bertz CT molecular complexity index is 367. The molecule has 1 N–H and O–H groups in total. The smallest absolute Gasteiger partial charge is 0.103 e. The molecule has 2 heterocycles. The van der Waals surface area contributed by atoms with E-state index in [9.17, 15) is 5.11 Å². The number of aliphatic hydroxyl groups excluding tert-OH is 1. The van der Waals surface area contributed by atoms with Crippen LogP contribution in [0.1, 0.15) is 44.3 Å². The molecule has 0 bridgehead atoms. The quantitative estimate of drug-likeness (QED) is 0.893. The van der Waals surface area contributed by atoms with Crippen LogP contribution in [0.5, 0.6) is 0 Å². The van der Waals surface area contributed by atoms with Gasteiger partial charge in [-0.25, -0.2) is 0 Å². The van der Waals surface area contributed by atoms with Crippen LogP contribution >= 0.6 is 0 Å². The highest BCUT2D eigenvalue weighted by atomic mass is 16.5. The van der Waals surface area contributed by atoms with Crippen LogP contribution in [-0.4, -0.2) is 23.4 Å². The standard InChI is InChI=1S/C15H22O3/c16-14(5-4-13-3-1-9-17-13)12-6-10-18-15(11-12)7-2-8-15/h1,3,9,12,14,16H,2,4-8,10-11H2. The molecule has 0 radical (unpaired) electrons. The van der Waals surface area contributed by atoms with E-state index in [2.05, 4.69) is 0 Å². The van der Waals surface area contributed by atoms with Gasteiger partial charge in [0, 0.05) is 13.0 Å². The lowest BCUT2D eigenvalue weighted by atomic mass is 9.70. The van der Waals surface area contributed by atoms with Crippen molar-refractivity contribution in [3.8, 4) is 0 Å². The number of hydrogen-bond donors (Lipinski definition) is 1. The lowest BCUT2D eigenvalue weighted by Crippen LogP contribution is -2.47. The summed E-state index contributed by atoms with van der Waals surface area (Å²) in [7, 11) is 0. The number of rotatable bonds is 4. The average Bonchev–Trinajstić information content (AvgIpc) is 2.87. The normalized spacial score (nSPS) is 27.9. The molecule has 2 fully saturated rings. The molecule has 0 aromatic carbocycles. The first kappa shape index (κ1) is 12.2. The topological polar surface area (TPSA) is 42.6 Å². The predicted octanol–water partition coefficient (Wildman–Crippen LogP) is 2.92. The summed E-state index contributed by atoms with van der Waals surface area (Å²) < 4.78 is 11.2. The zero-order valence-electron chi connectivity index (χ0n) is 10.8. The van der Waals surface area contributed by atoms with E-state index in [-0.39, 0.29) is 11.7 Å². The molecule has 2 aliphatic rings. The lowest BCUT2D eigenvalue weighted by Gasteiger charge is -2.48. The van der Waals surface area contributed by atoms with Crippen LogP contribution < -0.4 is 0 Å². The van der Waals surface area contributed by atoms with Crippen molar-refractivity contribution in [3.63, 3.8) is 0 Å². The summed E-state index contributed by atoms with van der Waals surface area (Å²) in [5.41, 5.74) is 0.134. The second-order valence-electron chi connectivity index (χ2n) is 5.82. The molecule has 2 unspecified atom stereocenters. The maximum Gasteiger partial charge on any atom is 0.103 e. The van der Waals surface area contributed by atoms with E-state index in [1.165, 1.54) is 19.3 Å². The van der Waals surface area contributed by atoms with Crippen molar-refractivity contribution >= 4 is 0 Å². The Labute approximate surface area is 108 Å². The van der Waals surface area contributed by atoms with Crippen LogP contribution in [0.3, 0.4) is 0 Å². The highest BCUT2D eigenvalue weighted by Crippen LogP contribution is 2.45. The number of aryl methyl sites for hydroxylation is 1. The van der Waals surface area contributed by atoms with Gasteiger partial charge < -0.3 is 14.3 Å². The highest BCUT2D eigenvalue weighted by Gasteiger charge is 2.43. The van der Waals surface area contributed by atoms with Gasteiger partial charge in [-0.05, 0) is 56.6 Å². The van der Waals surface area contributed by atoms with Gasteiger partial charge in [0.2, 0.25) is 0 Å². The third-order valence-corrected chi connectivity index (χ3v) is 4.61. The van der Waals surface area contributed by atoms with Gasteiger partial charge in [-0.1, -0.05) is 0 Å². The lowest BCUT2D eigenvalue weighted by molar-refractivity contribution is -0.157. The van der Waals surface area contributed by atoms with Crippen LogP contribution in [0.2, 0.25) is 0 Å². The fourth-order valence-electron chi connectivity index (χ4n) is 3.29. The van der Waals surface area contributed by atoms with Crippen LogP contribution in [-0.2, 0) is 11.2 Å². The first-order chi connectivity index (χ1) is 8.77. The van der Waals surface area contributed by atoms with Gasteiger partial charge in [-0.15, -0.1) is 0 Å². The van der Waals surface area contributed by atoms with Crippen LogP contribution in [0, 0.1) is 5.92 Å². The third kappa shape index (κ3) is 2.47. The molecule has 3 nitrogen and oxygen atoms in total. The number of aliphatic hydroxyl groups is 1. The number of hydrogen-bond acceptors (Lipinski definition) is 3. The van der Waals surface area contributed by atoms with Crippen molar-refractivity contribution in [1.82, 2.24) is 0 Å². The second kappa shape index (κ2) is 5.06. The van der Waals surface area contributed by atoms with E-state index in [1.54, 1.807) is 6.26 Å². The van der Waals surface area contributed by atoms with Crippen LogP contribution in [0.15, 0.2) is 22.8 Å². The summed E-state index contributed by atoms with van der Waals surface area (Å²) in [6.07, 6.45) is 8.83. The number of ether oxygens (including phenoxy) is 1. The summed E-state index contributed by atoms with van der Waals surface area (Å²) in [6.45, 7) is 0.822. The van der Waals surface area contributed by atoms with Gasteiger partial charge in [0.05, 0.1) is 18.0 Å². The Hall–Kier alpha value is -0.800. The minimum atomic E-state index is -0.212. The van der Waals surface area contributed by atoms with Crippen LogP contribution in [0.25, 0.3) is 0 Å². The zero-order valence-corrected chi connectivity index (χ0v) is 10.8. The van der Waals surface area contributed by atoms with Crippen LogP contribution in [0.4, 0.5) is 0 Å². The molecular weight excluding hydrogens is 228 g/mol. The molecule has 100 valence electrons. The molecule has 1 saturated heterocycles. The fraction of sp³-hybridized carbons (Fsp3) is 0.733. The molecule has 1 aromatic heterocycles. The van der Waals surface area contributed by atoms with E-state index in [0.29, 0.717) is 5.92 Å². The van der Waals surface area contributed by atoms with E-state index in [1.807, 2.05) is 12.1 Å². The maximum atomic E-state index is 10.3. The van der Waals surface area contributed by atoms with Gasteiger partial charge in [0.1, 0.15) is 5.76 Å². The molecule has 1 saturated carbocycles. The minimum absolute atomic E-state index is 0.134. The van der Waals surface area contributed by atoms with Gasteiger partial charge in [0.15, 0.2) is 0 Å². The first-order valence-corrected chi connectivity index (χ1v) is 7.12. The Kier molecular flexibility index (Phi) is 3.44. The van der Waals surface area contributed by atoms with Gasteiger partial charge in [0.25, 0.3) is 0 Å². The molecule has 1 aliphatic carbocycles.